The Labute approximate surface area is 129 Å². The molecule has 2 aromatic rings. The van der Waals surface area contributed by atoms with E-state index >= 15 is 0 Å². The second-order valence-corrected chi connectivity index (χ2v) is 5.36. The van der Waals surface area contributed by atoms with Crippen molar-refractivity contribution in [2.24, 2.45) is 5.73 Å². The Kier molecular flexibility index (Phi) is 4.55. The summed E-state index contributed by atoms with van der Waals surface area (Å²) < 4.78 is 7.17. The molecule has 1 fully saturated rings. The van der Waals surface area contributed by atoms with Crippen molar-refractivity contribution in [3.05, 3.63) is 24.3 Å². The van der Waals surface area contributed by atoms with Crippen molar-refractivity contribution < 1.29 is 9.53 Å². The van der Waals surface area contributed by atoms with Crippen LogP contribution in [-0.4, -0.2) is 59.8 Å². The summed E-state index contributed by atoms with van der Waals surface area (Å²) >= 11 is 0. The smallest absolute Gasteiger partial charge is 0.237 e. The molecule has 7 heteroatoms. The molecule has 7 nitrogen and oxygen atoms in total. The highest BCUT2D eigenvalue weighted by molar-refractivity contribution is 5.82. The van der Waals surface area contributed by atoms with Crippen LogP contribution in [-0.2, 0) is 16.1 Å². The number of rotatable bonds is 6. The Bertz CT molecular complexity index is 648. The van der Waals surface area contributed by atoms with Crippen molar-refractivity contribution >= 4 is 22.9 Å². The van der Waals surface area contributed by atoms with E-state index in [1.807, 2.05) is 28.8 Å². The fourth-order valence-corrected chi connectivity index (χ4v) is 2.68. The lowest BCUT2D eigenvalue weighted by atomic mass is 10.3. The molecule has 0 atom stereocenters. The number of ether oxygens (including phenoxy) is 1. The van der Waals surface area contributed by atoms with Crippen molar-refractivity contribution in [3.8, 4) is 0 Å². The van der Waals surface area contributed by atoms with Crippen molar-refractivity contribution in [2.75, 3.05) is 44.7 Å². The van der Waals surface area contributed by atoms with Gasteiger partial charge in [0.15, 0.2) is 0 Å². The molecule has 0 aliphatic carbocycles. The highest BCUT2D eigenvalue weighted by Crippen LogP contribution is 2.19. The summed E-state index contributed by atoms with van der Waals surface area (Å²) in [6.45, 7) is 5.31. The van der Waals surface area contributed by atoms with Crippen LogP contribution < -0.4 is 11.1 Å². The molecule has 1 aromatic carbocycles. The van der Waals surface area contributed by atoms with Gasteiger partial charge in [-0.05, 0) is 12.1 Å². The third-order valence-corrected chi connectivity index (χ3v) is 3.78. The van der Waals surface area contributed by atoms with E-state index in [9.17, 15) is 4.79 Å². The summed E-state index contributed by atoms with van der Waals surface area (Å²) in [5, 5.41) is 3.32. The van der Waals surface area contributed by atoms with E-state index in [0.717, 1.165) is 50.4 Å². The third kappa shape index (κ3) is 3.37. The Morgan fingerprint density at radius 1 is 1.32 bits per heavy atom. The lowest BCUT2D eigenvalue weighted by Gasteiger charge is -2.26. The first-order chi connectivity index (χ1) is 10.7. The van der Waals surface area contributed by atoms with Gasteiger partial charge in [-0.1, -0.05) is 12.1 Å². The first kappa shape index (κ1) is 14.8. The van der Waals surface area contributed by atoms with Crippen LogP contribution in [0.5, 0.6) is 0 Å². The van der Waals surface area contributed by atoms with Crippen LogP contribution in [0.25, 0.3) is 11.0 Å². The number of nitrogens with one attached hydrogen (secondary N) is 1. The maximum absolute atomic E-state index is 11.3. The van der Waals surface area contributed by atoms with Gasteiger partial charge in [0, 0.05) is 26.2 Å². The van der Waals surface area contributed by atoms with Gasteiger partial charge in [-0.3, -0.25) is 9.69 Å². The zero-order valence-corrected chi connectivity index (χ0v) is 12.5. The number of aromatic nitrogens is 2. The number of nitrogens with zero attached hydrogens (tertiary/aromatic N) is 3. The van der Waals surface area contributed by atoms with Crippen LogP contribution in [0.4, 0.5) is 5.95 Å². The topological polar surface area (TPSA) is 85.4 Å². The van der Waals surface area contributed by atoms with Crippen molar-refractivity contribution in [3.63, 3.8) is 0 Å². The molecule has 1 amide bonds. The molecule has 118 valence electrons. The molecule has 1 saturated heterocycles. The monoisotopic (exact) mass is 303 g/mol. The minimum absolute atomic E-state index is 0.125. The van der Waals surface area contributed by atoms with Crippen LogP contribution in [0.15, 0.2) is 24.3 Å². The average molecular weight is 303 g/mol. The molecule has 0 spiro atoms. The van der Waals surface area contributed by atoms with E-state index in [4.69, 9.17) is 10.5 Å². The molecule has 3 rings (SSSR count). The molecule has 3 N–H and O–H groups in total. The Morgan fingerprint density at radius 2 is 2.09 bits per heavy atom. The average Bonchev–Trinajstić information content (AvgIpc) is 2.86. The van der Waals surface area contributed by atoms with Gasteiger partial charge < -0.3 is 20.4 Å². The van der Waals surface area contributed by atoms with Gasteiger partial charge in [-0.25, -0.2) is 4.98 Å². The molecular weight excluding hydrogens is 282 g/mol. The molecule has 2 heterocycles. The van der Waals surface area contributed by atoms with Gasteiger partial charge in [0.2, 0.25) is 11.9 Å². The number of primary amides is 1. The molecular formula is C15H21N5O2. The highest BCUT2D eigenvalue weighted by atomic mass is 16.5. The van der Waals surface area contributed by atoms with Crippen LogP contribution in [0.3, 0.4) is 0 Å². The van der Waals surface area contributed by atoms with E-state index in [2.05, 4.69) is 15.2 Å². The maximum Gasteiger partial charge on any atom is 0.237 e. The van der Waals surface area contributed by atoms with Gasteiger partial charge in [0.25, 0.3) is 0 Å². The number of anilines is 1. The fraction of sp³-hybridized carbons (Fsp3) is 0.467. The number of amides is 1. The second kappa shape index (κ2) is 6.76. The van der Waals surface area contributed by atoms with Crippen LogP contribution >= 0.6 is 0 Å². The Morgan fingerprint density at radius 3 is 2.86 bits per heavy atom. The number of morpholine rings is 1. The first-order valence-electron chi connectivity index (χ1n) is 7.51. The highest BCUT2D eigenvalue weighted by Gasteiger charge is 2.13. The predicted molar refractivity (Wildman–Crippen MR) is 84.7 cm³/mol. The van der Waals surface area contributed by atoms with Crippen LogP contribution in [0, 0.1) is 0 Å². The van der Waals surface area contributed by atoms with E-state index < -0.39 is 0 Å². The second-order valence-electron chi connectivity index (χ2n) is 5.36. The third-order valence-electron chi connectivity index (χ3n) is 3.78. The fourth-order valence-electron chi connectivity index (χ4n) is 2.68. The molecule has 1 aromatic heterocycles. The summed E-state index contributed by atoms with van der Waals surface area (Å²) in [6.07, 6.45) is 0. The van der Waals surface area contributed by atoms with E-state index in [1.54, 1.807) is 0 Å². The normalized spacial score (nSPS) is 16.0. The van der Waals surface area contributed by atoms with E-state index in [1.165, 1.54) is 0 Å². The van der Waals surface area contributed by atoms with E-state index in [-0.39, 0.29) is 12.5 Å². The summed E-state index contributed by atoms with van der Waals surface area (Å²) in [5.74, 6) is 0.313. The van der Waals surface area contributed by atoms with Crippen LogP contribution in [0.2, 0.25) is 0 Å². The number of nitrogens with two attached hydrogens (primary N) is 1. The number of carbonyl (C=O) groups excluding carboxylic acids is 1. The molecule has 22 heavy (non-hydrogen) atoms. The minimum atomic E-state index is -0.376. The van der Waals surface area contributed by atoms with Crippen molar-refractivity contribution in [2.45, 2.75) is 6.54 Å². The largest absolute Gasteiger partial charge is 0.379 e. The van der Waals surface area contributed by atoms with Gasteiger partial charge in [-0.2, -0.15) is 0 Å². The molecule has 1 aliphatic heterocycles. The number of fused-ring (bicyclic) bond motifs is 1. The minimum Gasteiger partial charge on any atom is -0.379 e. The summed E-state index contributed by atoms with van der Waals surface area (Å²) in [5.41, 5.74) is 7.12. The molecule has 0 unspecified atom stereocenters. The van der Waals surface area contributed by atoms with Gasteiger partial charge in [0.05, 0.1) is 24.2 Å². The number of hydrogen-bond donors (Lipinski definition) is 2. The zero-order valence-electron chi connectivity index (χ0n) is 12.5. The maximum atomic E-state index is 11.3. The predicted octanol–water partition coefficient (Wildman–Crippen LogP) is 0.266. The van der Waals surface area contributed by atoms with Crippen LogP contribution in [0.1, 0.15) is 0 Å². The summed E-state index contributed by atoms with van der Waals surface area (Å²) in [4.78, 5) is 18.2. The standard InChI is InChI=1S/C15H21N5O2/c16-14(21)11-20-13-4-2-1-3-12(13)18-15(20)17-5-6-19-7-9-22-10-8-19/h1-4H,5-11H2,(H2,16,21)(H,17,18). The zero-order chi connectivity index (χ0) is 15.4. The quantitative estimate of drug-likeness (QED) is 0.800. The molecule has 0 saturated carbocycles. The first-order valence-corrected chi connectivity index (χ1v) is 7.51. The van der Waals surface area contributed by atoms with Crippen molar-refractivity contribution in [1.29, 1.82) is 0 Å². The molecule has 0 radical (unpaired) electrons. The number of para-hydroxylation sites is 2. The molecule has 1 aliphatic rings. The number of carbonyl (C=O) groups is 1. The number of hydrogen-bond acceptors (Lipinski definition) is 5. The summed E-state index contributed by atoms with van der Waals surface area (Å²) in [7, 11) is 0. The van der Waals surface area contributed by atoms with Gasteiger partial charge in [-0.15, -0.1) is 0 Å². The number of imidazole rings is 1. The van der Waals surface area contributed by atoms with Gasteiger partial charge in [0.1, 0.15) is 6.54 Å². The van der Waals surface area contributed by atoms with Gasteiger partial charge >= 0.3 is 0 Å². The molecule has 0 bridgehead atoms. The lowest BCUT2D eigenvalue weighted by Crippen LogP contribution is -2.39. The van der Waals surface area contributed by atoms with E-state index in [0.29, 0.717) is 5.95 Å². The lowest BCUT2D eigenvalue weighted by molar-refractivity contribution is -0.118. The summed E-state index contributed by atoms with van der Waals surface area (Å²) in [6, 6.07) is 7.73. The Balaban J connectivity index is 1.70. The van der Waals surface area contributed by atoms with Crippen molar-refractivity contribution in [1.82, 2.24) is 14.5 Å². The SMILES string of the molecule is NC(=O)Cn1c(NCCN2CCOCC2)nc2ccccc21. The Hall–Kier alpha value is -2.12. The number of benzene rings is 1.